The number of likely N-dealkylation sites (N-methyl/N-ethyl adjacent to an activating group) is 1. The third-order valence-electron chi connectivity index (χ3n) is 3.20. The number of esters is 1. The maximum atomic E-state index is 11.8. The zero-order chi connectivity index (χ0) is 13.3. The largest absolute Gasteiger partial charge is 0.468 e. The van der Waals surface area contributed by atoms with Crippen molar-refractivity contribution in [2.75, 3.05) is 26.2 Å². The third kappa shape index (κ3) is 5.77. The van der Waals surface area contributed by atoms with E-state index in [9.17, 15) is 4.79 Å². The van der Waals surface area contributed by atoms with Crippen LogP contribution < -0.4 is 0 Å². The number of thioether (sulfide) groups is 1. The van der Waals surface area contributed by atoms with Crippen LogP contribution >= 0.6 is 11.8 Å². The maximum absolute atomic E-state index is 11.8. The molecular weight excluding hydrogens is 234 g/mol. The Morgan fingerprint density at radius 2 is 2.06 bits per heavy atom. The second-order valence-corrected chi connectivity index (χ2v) is 5.27. The van der Waals surface area contributed by atoms with Crippen molar-refractivity contribution in [3.05, 3.63) is 0 Å². The van der Waals surface area contributed by atoms with E-state index < -0.39 is 0 Å². The first-order valence-corrected chi connectivity index (χ1v) is 7.80. The number of carbonyl (C=O) groups excluding carboxylic acids is 1. The van der Waals surface area contributed by atoms with E-state index in [1.807, 2.05) is 18.8 Å². The van der Waals surface area contributed by atoms with Crippen molar-refractivity contribution in [3.8, 4) is 0 Å². The summed E-state index contributed by atoms with van der Waals surface area (Å²) in [6.45, 7) is 4.32. The Bertz CT molecular complexity index is 212. The summed E-state index contributed by atoms with van der Waals surface area (Å²) in [5.41, 5.74) is 0. The van der Waals surface area contributed by atoms with E-state index in [0.29, 0.717) is 6.04 Å². The lowest BCUT2D eigenvalue weighted by molar-refractivity contribution is -0.147. The number of unbranched alkanes of at least 4 members (excludes halogenated alkanes) is 1. The van der Waals surface area contributed by atoms with Crippen LogP contribution in [0.4, 0.5) is 0 Å². The number of ether oxygens (including phenoxy) is 1. The van der Waals surface area contributed by atoms with E-state index in [2.05, 4.69) is 25.0 Å². The van der Waals surface area contributed by atoms with Gasteiger partial charge in [-0.3, -0.25) is 9.69 Å². The van der Waals surface area contributed by atoms with E-state index in [0.717, 1.165) is 31.4 Å². The zero-order valence-corrected chi connectivity index (χ0v) is 12.7. The van der Waals surface area contributed by atoms with E-state index >= 15 is 0 Å². The van der Waals surface area contributed by atoms with Gasteiger partial charge in [-0.15, -0.1) is 0 Å². The van der Waals surface area contributed by atoms with Crippen LogP contribution in [0.5, 0.6) is 0 Å². The van der Waals surface area contributed by atoms with Crippen LogP contribution in [0.25, 0.3) is 0 Å². The van der Waals surface area contributed by atoms with Gasteiger partial charge in [0, 0.05) is 11.8 Å². The maximum Gasteiger partial charge on any atom is 0.323 e. The standard InChI is InChI=1S/C13H27NO2S/c1-6-8-9-12(13(15)16-4)14(3)11(7-2)10-17-5/h11-12H,6-10H2,1-5H3. The highest BCUT2D eigenvalue weighted by molar-refractivity contribution is 7.98. The highest BCUT2D eigenvalue weighted by Gasteiger charge is 2.27. The Labute approximate surface area is 110 Å². The summed E-state index contributed by atoms with van der Waals surface area (Å²) in [4.78, 5) is 14.0. The molecule has 0 saturated carbocycles. The van der Waals surface area contributed by atoms with Gasteiger partial charge in [0.25, 0.3) is 0 Å². The van der Waals surface area contributed by atoms with Crippen molar-refractivity contribution < 1.29 is 9.53 Å². The first-order chi connectivity index (χ1) is 8.12. The topological polar surface area (TPSA) is 29.5 Å². The summed E-state index contributed by atoms with van der Waals surface area (Å²) < 4.78 is 4.92. The van der Waals surface area contributed by atoms with E-state index in [1.54, 1.807) is 0 Å². The van der Waals surface area contributed by atoms with Crippen LogP contribution in [0.1, 0.15) is 39.5 Å². The highest BCUT2D eigenvalue weighted by Crippen LogP contribution is 2.16. The molecule has 0 heterocycles. The molecule has 17 heavy (non-hydrogen) atoms. The molecule has 0 fully saturated rings. The minimum atomic E-state index is -0.0968. The summed E-state index contributed by atoms with van der Waals surface area (Å²) >= 11 is 1.83. The lowest BCUT2D eigenvalue weighted by Crippen LogP contribution is -2.46. The van der Waals surface area contributed by atoms with Crippen molar-refractivity contribution >= 4 is 17.7 Å². The second kappa shape index (κ2) is 9.77. The van der Waals surface area contributed by atoms with E-state index in [4.69, 9.17) is 4.74 Å². The van der Waals surface area contributed by atoms with Crippen LogP contribution in [0.3, 0.4) is 0 Å². The van der Waals surface area contributed by atoms with Gasteiger partial charge in [0.2, 0.25) is 0 Å². The number of nitrogens with zero attached hydrogens (tertiary/aromatic N) is 1. The van der Waals surface area contributed by atoms with Crippen LogP contribution in [0, 0.1) is 0 Å². The minimum absolute atomic E-state index is 0.0861. The van der Waals surface area contributed by atoms with Gasteiger partial charge < -0.3 is 4.74 Å². The number of hydrogen-bond acceptors (Lipinski definition) is 4. The van der Waals surface area contributed by atoms with E-state index in [1.165, 1.54) is 7.11 Å². The van der Waals surface area contributed by atoms with Gasteiger partial charge in [0.15, 0.2) is 0 Å². The van der Waals surface area contributed by atoms with Crippen LogP contribution in [0.15, 0.2) is 0 Å². The van der Waals surface area contributed by atoms with Gasteiger partial charge in [0.1, 0.15) is 6.04 Å². The molecule has 0 bridgehead atoms. The Morgan fingerprint density at radius 3 is 2.47 bits per heavy atom. The van der Waals surface area contributed by atoms with Crippen LogP contribution in [0.2, 0.25) is 0 Å². The first-order valence-electron chi connectivity index (χ1n) is 6.40. The molecule has 0 aromatic carbocycles. The molecule has 0 aromatic rings. The van der Waals surface area contributed by atoms with Crippen molar-refractivity contribution in [1.29, 1.82) is 0 Å². The van der Waals surface area contributed by atoms with Crippen molar-refractivity contribution in [2.24, 2.45) is 0 Å². The summed E-state index contributed by atoms with van der Waals surface area (Å²) in [6, 6.07) is 0.364. The van der Waals surface area contributed by atoms with Gasteiger partial charge in [0.05, 0.1) is 7.11 Å². The van der Waals surface area contributed by atoms with Crippen molar-refractivity contribution in [2.45, 2.75) is 51.6 Å². The molecule has 2 atom stereocenters. The summed E-state index contributed by atoms with van der Waals surface area (Å²) in [7, 11) is 3.52. The molecule has 2 unspecified atom stereocenters. The fourth-order valence-corrected chi connectivity index (χ4v) is 2.85. The predicted octanol–water partition coefficient (Wildman–Crippen LogP) is 2.79. The van der Waals surface area contributed by atoms with Crippen molar-refractivity contribution in [1.82, 2.24) is 4.90 Å². The Morgan fingerprint density at radius 1 is 1.41 bits per heavy atom. The monoisotopic (exact) mass is 261 g/mol. The Hall–Kier alpha value is -0.220. The van der Waals surface area contributed by atoms with Gasteiger partial charge in [-0.05, 0) is 26.1 Å². The Balaban J connectivity index is 4.57. The molecule has 0 aliphatic heterocycles. The smallest absolute Gasteiger partial charge is 0.323 e. The molecule has 0 amide bonds. The normalized spacial score (nSPS) is 14.7. The Kier molecular flexibility index (Phi) is 9.65. The van der Waals surface area contributed by atoms with Crippen molar-refractivity contribution in [3.63, 3.8) is 0 Å². The number of methoxy groups -OCH3 is 1. The molecule has 0 rings (SSSR count). The number of rotatable bonds is 9. The SMILES string of the molecule is CCCCC(C(=O)OC)N(C)C(CC)CSC. The van der Waals surface area contributed by atoms with Gasteiger partial charge in [-0.1, -0.05) is 26.7 Å². The quantitative estimate of drug-likeness (QED) is 0.597. The molecule has 0 saturated heterocycles. The third-order valence-corrected chi connectivity index (χ3v) is 3.92. The molecule has 102 valence electrons. The predicted molar refractivity (Wildman–Crippen MR) is 75.6 cm³/mol. The summed E-state index contributed by atoms with van der Waals surface area (Å²) in [5.74, 6) is 0.965. The molecule has 0 N–H and O–H groups in total. The van der Waals surface area contributed by atoms with Crippen LogP contribution in [-0.4, -0.2) is 49.1 Å². The van der Waals surface area contributed by atoms with Gasteiger partial charge in [-0.25, -0.2) is 0 Å². The van der Waals surface area contributed by atoms with E-state index in [-0.39, 0.29) is 12.0 Å². The molecule has 0 aromatic heterocycles. The molecule has 0 aliphatic carbocycles. The molecular formula is C13H27NO2S. The van der Waals surface area contributed by atoms with Gasteiger partial charge in [-0.2, -0.15) is 11.8 Å². The zero-order valence-electron chi connectivity index (χ0n) is 11.9. The summed E-state index contributed by atoms with van der Waals surface area (Å²) in [5, 5.41) is 0. The number of carbonyl (C=O) groups is 1. The van der Waals surface area contributed by atoms with Gasteiger partial charge >= 0.3 is 5.97 Å². The average Bonchev–Trinajstić information content (AvgIpc) is 2.35. The molecule has 4 heteroatoms. The average molecular weight is 261 g/mol. The summed E-state index contributed by atoms with van der Waals surface area (Å²) in [6.07, 6.45) is 6.25. The lowest BCUT2D eigenvalue weighted by atomic mass is 10.1. The minimum Gasteiger partial charge on any atom is -0.468 e. The fraction of sp³-hybridized carbons (Fsp3) is 0.923. The lowest BCUT2D eigenvalue weighted by Gasteiger charge is -2.32. The van der Waals surface area contributed by atoms with Crippen LogP contribution in [-0.2, 0) is 9.53 Å². The molecule has 0 aliphatic rings. The molecule has 3 nitrogen and oxygen atoms in total. The first kappa shape index (κ1) is 16.8. The second-order valence-electron chi connectivity index (χ2n) is 4.36. The molecule has 0 radical (unpaired) electrons. The fourth-order valence-electron chi connectivity index (χ4n) is 1.99. The number of hydrogen-bond donors (Lipinski definition) is 0. The highest BCUT2D eigenvalue weighted by atomic mass is 32.2. The molecule has 0 spiro atoms.